The van der Waals surface area contributed by atoms with Crippen molar-refractivity contribution in [2.45, 2.75) is 30.2 Å². The number of hydrogen-bond acceptors (Lipinski definition) is 6. The Morgan fingerprint density at radius 1 is 1.09 bits per heavy atom. The number of para-hydroxylation sites is 1. The third-order valence-corrected chi connectivity index (χ3v) is 7.65. The fourth-order valence-electron chi connectivity index (χ4n) is 5.94. The van der Waals surface area contributed by atoms with Crippen molar-refractivity contribution in [3.8, 4) is 23.3 Å². The highest BCUT2D eigenvalue weighted by Crippen LogP contribution is 2.71. The lowest BCUT2D eigenvalue weighted by Gasteiger charge is -2.69. The van der Waals surface area contributed by atoms with Crippen LogP contribution in [0.15, 0.2) is 65.8 Å². The summed E-state index contributed by atoms with van der Waals surface area (Å²) in [5.74, 6) is 1.42. The lowest BCUT2D eigenvalue weighted by Crippen LogP contribution is -2.72. The van der Waals surface area contributed by atoms with Gasteiger partial charge >= 0.3 is 5.69 Å². The van der Waals surface area contributed by atoms with Crippen molar-refractivity contribution < 1.29 is 0 Å². The lowest BCUT2D eigenvalue weighted by atomic mass is 9.39. The average molecular weight is 481 g/mol. The smallest absolute Gasteiger partial charge is 0.305 e. The molecule has 2 bridgehead atoms. The summed E-state index contributed by atoms with van der Waals surface area (Å²) in [6, 6.07) is 16.8. The van der Waals surface area contributed by atoms with E-state index in [1.165, 1.54) is 6.33 Å². The molecule has 3 saturated carbocycles. The molecule has 3 aliphatic carbocycles. The van der Waals surface area contributed by atoms with E-state index in [2.05, 4.69) is 31.2 Å². The van der Waals surface area contributed by atoms with E-state index in [1.807, 2.05) is 39.5 Å². The maximum atomic E-state index is 12.9. The van der Waals surface area contributed by atoms with Gasteiger partial charge in [0.25, 0.3) is 0 Å². The molecule has 0 aliphatic heterocycles. The van der Waals surface area contributed by atoms with Crippen LogP contribution in [0.25, 0.3) is 28.2 Å². The molecule has 3 heterocycles. The third kappa shape index (κ3) is 2.65. The molecule has 0 saturated heterocycles. The zero-order chi connectivity index (χ0) is 23.8. The molecule has 2 aromatic carbocycles. The van der Waals surface area contributed by atoms with Crippen LogP contribution in [0.5, 0.6) is 0 Å². The lowest BCUT2D eigenvalue weighted by molar-refractivity contribution is -0.129. The highest BCUT2D eigenvalue weighted by atomic mass is 35.5. The summed E-state index contributed by atoms with van der Waals surface area (Å²) in [6.45, 7) is 0. The Morgan fingerprint density at radius 2 is 1.91 bits per heavy atom. The van der Waals surface area contributed by atoms with Gasteiger partial charge in [-0.1, -0.05) is 23.7 Å². The van der Waals surface area contributed by atoms with E-state index < -0.39 is 0 Å². The molecule has 8 rings (SSSR count). The van der Waals surface area contributed by atoms with Crippen molar-refractivity contribution in [1.82, 2.24) is 34.3 Å². The van der Waals surface area contributed by atoms with Crippen LogP contribution in [0.1, 0.15) is 30.7 Å². The van der Waals surface area contributed by atoms with Crippen LogP contribution in [-0.2, 0) is 11.0 Å². The summed E-state index contributed by atoms with van der Waals surface area (Å²) >= 11 is 6.61. The Bertz CT molecular complexity index is 1720. The number of hydrogen-bond donors (Lipinski definition) is 1. The minimum Gasteiger partial charge on any atom is -0.305 e. The fraction of sp³-hybridized carbons (Fsp3) is 0.200. The minimum atomic E-state index is -0.282. The van der Waals surface area contributed by atoms with Gasteiger partial charge in [-0.3, -0.25) is 9.13 Å². The van der Waals surface area contributed by atoms with E-state index in [0.717, 1.165) is 36.3 Å². The summed E-state index contributed by atoms with van der Waals surface area (Å²) in [5, 5.41) is 18.9. The normalized spacial score (nSPS) is 22.4. The maximum absolute atomic E-state index is 12.9. The standard InChI is InChI=1S/C25H17ClN8O/c26-16-3-1-2-4-19(16)33-21(17-7-8-28-14-29-17)31-32-22(33)24-11-25(12-24,13-24)34-20-6-5-15(10-27)9-18(20)30-23(34)35/h1-9,14H,11-13H2,(H,30,35). The molecule has 0 atom stereocenters. The monoisotopic (exact) mass is 480 g/mol. The molecule has 5 aromatic rings. The first kappa shape index (κ1) is 20.1. The van der Waals surface area contributed by atoms with Crippen molar-refractivity contribution in [2.24, 2.45) is 0 Å². The van der Waals surface area contributed by atoms with Crippen LogP contribution in [0.2, 0.25) is 5.02 Å². The van der Waals surface area contributed by atoms with Crippen molar-refractivity contribution >= 4 is 22.6 Å². The number of benzene rings is 2. The Kier molecular flexibility index (Phi) is 3.95. The number of H-pyrrole nitrogens is 1. The van der Waals surface area contributed by atoms with Crippen LogP contribution in [-0.4, -0.2) is 34.3 Å². The number of nitrogens with zero attached hydrogens (tertiary/aromatic N) is 7. The number of fused-ring (bicyclic) bond motifs is 1. The Labute approximate surface area is 203 Å². The quantitative estimate of drug-likeness (QED) is 0.418. The number of nitrogens with one attached hydrogen (secondary N) is 1. The molecule has 10 heteroatoms. The molecule has 1 N–H and O–H groups in total. The Morgan fingerprint density at radius 3 is 2.66 bits per heavy atom. The van der Waals surface area contributed by atoms with Gasteiger partial charge in [0, 0.05) is 11.6 Å². The van der Waals surface area contributed by atoms with E-state index in [9.17, 15) is 10.1 Å². The molecule has 35 heavy (non-hydrogen) atoms. The second-order valence-electron chi connectivity index (χ2n) is 9.37. The number of imidazole rings is 1. The van der Waals surface area contributed by atoms with Crippen molar-refractivity contribution in [3.63, 3.8) is 0 Å². The molecule has 0 unspecified atom stereocenters. The van der Waals surface area contributed by atoms with Crippen molar-refractivity contribution in [1.29, 1.82) is 5.26 Å². The van der Waals surface area contributed by atoms with Crippen molar-refractivity contribution in [2.75, 3.05) is 0 Å². The number of aromatic nitrogens is 7. The molecule has 3 fully saturated rings. The Balaban J connectivity index is 1.32. The van der Waals surface area contributed by atoms with E-state index >= 15 is 0 Å². The van der Waals surface area contributed by atoms with Crippen LogP contribution in [0.3, 0.4) is 0 Å². The van der Waals surface area contributed by atoms with E-state index in [-0.39, 0.29) is 16.6 Å². The summed E-state index contributed by atoms with van der Waals surface area (Å²) < 4.78 is 3.84. The number of nitriles is 1. The Hall–Kier alpha value is -4.29. The molecule has 0 spiro atoms. The third-order valence-electron chi connectivity index (χ3n) is 7.33. The van der Waals surface area contributed by atoms with Gasteiger partial charge in [0.2, 0.25) is 0 Å². The fourth-order valence-corrected chi connectivity index (χ4v) is 6.16. The van der Waals surface area contributed by atoms with Crippen LogP contribution < -0.4 is 5.69 Å². The summed E-state index contributed by atoms with van der Waals surface area (Å²) in [4.78, 5) is 24.2. The second kappa shape index (κ2) is 6.87. The van der Waals surface area contributed by atoms with E-state index in [0.29, 0.717) is 27.6 Å². The average Bonchev–Trinajstić information content (AvgIpc) is 3.39. The second-order valence-corrected chi connectivity index (χ2v) is 9.78. The predicted molar refractivity (Wildman–Crippen MR) is 128 cm³/mol. The highest BCUT2D eigenvalue weighted by molar-refractivity contribution is 6.32. The number of rotatable bonds is 4. The largest absolute Gasteiger partial charge is 0.326 e. The molecule has 3 aromatic heterocycles. The van der Waals surface area contributed by atoms with Gasteiger partial charge in [0.1, 0.15) is 17.8 Å². The maximum Gasteiger partial charge on any atom is 0.326 e. The summed E-state index contributed by atoms with van der Waals surface area (Å²) in [5.41, 5.74) is 2.80. The van der Waals surface area contributed by atoms with Crippen LogP contribution in [0, 0.1) is 11.3 Å². The zero-order valence-electron chi connectivity index (χ0n) is 18.3. The predicted octanol–water partition coefficient (Wildman–Crippen LogP) is 3.72. The van der Waals surface area contributed by atoms with E-state index in [4.69, 9.17) is 11.6 Å². The van der Waals surface area contributed by atoms with Gasteiger partial charge in [-0.15, -0.1) is 10.2 Å². The molecule has 0 radical (unpaired) electrons. The molecular formula is C25H17ClN8O. The molecule has 170 valence electrons. The van der Waals surface area contributed by atoms with Gasteiger partial charge in [0.15, 0.2) is 5.82 Å². The van der Waals surface area contributed by atoms with Gasteiger partial charge in [-0.25, -0.2) is 14.8 Å². The van der Waals surface area contributed by atoms with Gasteiger partial charge < -0.3 is 4.98 Å². The SMILES string of the molecule is N#Cc1ccc2c(c1)[nH]c(=O)n2C12CC(c3nnc(-c4ccncn4)n3-c3ccccc3Cl)(C1)C2. The number of halogens is 1. The van der Waals surface area contributed by atoms with Crippen LogP contribution >= 0.6 is 11.6 Å². The first-order valence-corrected chi connectivity index (χ1v) is 11.5. The van der Waals surface area contributed by atoms with Gasteiger partial charge in [0.05, 0.1) is 38.9 Å². The summed E-state index contributed by atoms with van der Waals surface area (Å²) in [6.07, 6.45) is 5.44. The van der Waals surface area contributed by atoms with Gasteiger partial charge in [-0.05, 0) is 55.7 Å². The molecule has 9 nitrogen and oxygen atoms in total. The molecular weight excluding hydrogens is 464 g/mol. The highest BCUT2D eigenvalue weighted by Gasteiger charge is 2.72. The van der Waals surface area contributed by atoms with Crippen LogP contribution in [0.4, 0.5) is 0 Å². The molecule has 3 aliphatic rings. The minimum absolute atomic E-state index is 0.155. The first-order chi connectivity index (χ1) is 17.0. The van der Waals surface area contributed by atoms with E-state index in [1.54, 1.807) is 24.4 Å². The topological polar surface area (TPSA) is 118 Å². The first-order valence-electron chi connectivity index (χ1n) is 11.2. The zero-order valence-corrected chi connectivity index (χ0v) is 19.1. The van der Waals surface area contributed by atoms with Crippen molar-refractivity contribution in [3.05, 3.63) is 87.9 Å². The number of aromatic amines is 1. The van der Waals surface area contributed by atoms with Gasteiger partial charge in [-0.2, -0.15) is 5.26 Å². The molecule has 0 amide bonds. The summed E-state index contributed by atoms with van der Waals surface area (Å²) in [7, 11) is 0.